The zero-order chi connectivity index (χ0) is 16.2. The summed E-state index contributed by atoms with van der Waals surface area (Å²) in [6, 6.07) is 18.0. The maximum Gasteiger partial charge on any atom is 0.191 e. The Morgan fingerprint density at radius 3 is 2.22 bits per heavy atom. The standard InChI is InChI=1S/C20H20OS2/c1-14-8-6-7-11-17(14)15(2)18(20-22-12-13-23-20)19(21)16-9-4-3-5-10-16/h3-11,15H,12-13H2,1-2H3. The Labute approximate surface area is 146 Å². The normalized spacial score (nSPS) is 15.5. The molecule has 1 atom stereocenters. The summed E-state index contributed by atoms with van der Waals surface area (Å²) in [7, 11) is 0. The van der Waals surface area contributed by atoms with Gasteiger partial charge in [-0.2, -0.15) is 0 Å². The molecule has 0 aromatic heterocycles. The molecule has 2 aromatic rings. The van der Waals surface area contributed by atoms with Crippen LogP contribution in [0.5, 0.6) is 0 Å². The number of carbonyl (C=O) groups is 1. The molecule has 0 amide bonds. The van der Waals surface area contributed by atoms with E-state index < -0.39 is 0 Å². The number of carbonyl (C=O) groups excluding carboxylic acids is 1. The second-order valence-electron chi connectivity index (χ2n) is 5.67. The molecule has 0 saturated carbocycles. The van der Waals surface area contributed by atoms with Gasteiger partial charge in [0.2, 0.25) is 0 Å². The van der Waals surface area contributed by atoms with E-state index in [1.807, 2.05) is 53.9 Å². The van der Waals surface area contributed by atoms with Crippen LogP contribution < -0.4 is 0 Å². The molecule has 1 nitrogen and oxygen atoms in total. The molecule has 1 fully saturated rings. The molecule has 1 heterocycles. The van der Waals surface area contributed by atoms with E-state index in [1.165, 1.54) is 15.4 Å². The van der Waals surface area contributed by atoms with Gasteiger partial charge in [0.05, 0.1) is 0 Å². The average molecular weight is 341 g/mol. The summed E-state index contributed by atoms with van der Waals surface area (Å²) >= 11 is 3.65. The Morgan fingerprint density at radius 1 is 0.957 bits per heavy atom. The van der Waals surface area contributed by atoms with Gasteiger partial charge in [-0.1, -0.05) is 61.5 Å². The van der Waals surface area contributed by atoms with Gasteiger partial charge in [0.1, 0.15) is 0 Å². The Balaban J connectivity index is 2.06. The molecule has 118 valence electrons. The van der Waals surface area contributed by atoms with Gasteiger partial charge in [-0.25, -0.2) is 0 Å². The fourth-order valence-electron chi connectivity index (χ4n) is 2.91. The van der Waals surface area contributed by atoms with Crippen LogP contribution in [0.25, 0.3) is 0 Å². The Morgan fingerprint density at radius 2 is 1.57 bits per heavy atom. The zero-order valence-electron chi connectivity index (χ0n) is 13.4. The summed E-state index contributed by atoms with van der Waals surface area (Å²) in [5.74, 6) is 2.45. The van der Waals surface area contributed by atoms with Gasteiger partial charge in [0.25, 0.3) is 0 Å². The molecular weight excluding hydrogens is 320 g/mol. The molecule has 0 spiro atoms. The van der Waals surface area contributed by atoms with Gasteiger partial charge in [-0.15, -0.1) is 23.5 Å². The SMILES string of the molecule is Cc1ccccc1C(C)C(C(=O)c1ccccc1)=C1SCCS1. The maximum absolute atomic E-state index is 13.2. The van der Waals surface area contributed by atoms with Crippen LogP contribution in [0, 0.1) is 6.92 Å². The Hall–Kier alpha value is -1.45. The molecule has 0 N–H and O–H groups in total. The van der Waals surface area contributed by atoms with E-state index in [9.17, 15) is 4.79 Å². The summed E-state index contributed by atoms with van der Waals surface area (Å²) in [6.07, 6.45) is 0. The van der Waals surface area contributed by atoms with Gasteiger partial charge in [0.15, 0.2) is 5.78 Å². The lowest BCUT2D eigenvalue weighted by Gasteiger charge is -2.20. The van der Waals surface area contributed by atoms with Crippen LogP contribution >= 0.6 is 23.5 Å². The minimum Gasteiger partial charge on any atom is -0.289 e. The molecule has 1 aliphatic rings. The molecule has 0 radical (unpaired) electrons. The van der Waals surface area contributed by atoms with E-state index in [1.54, 1.807) is 0 Å². The van der Waals surface area contributed by atoms with Crippen LogP contribution in [0.4, 0.5) is 0 Å². The van der Waals surface area contributed by atoms with Crippen LogP contribution in [0.1, 0.15) is 34.3 Å². The van der Waals surface area contributed by atoms with Gasteiger partial charge in [0, 0.05) is 32.8 Å². The van der Waals surface area contributed by atoms with Crippen molar-refractivity contribution in [2.45, 2.75) is 19.8 Å². The molecule has 1 unspecified atom stereocenters. The van der Waals surface area contributed by atoms with Crippen molar-refractivity contribution in [2.24, 2.45) is 0 Å². The highest BCUT2D eigenvalue weighted by Crippen LogP contribution is 2.44. The predicted octanol–water partition coefficient (Wildman–Crippen LogP) is 5.67. The lowest BCUT2D eigenvalue weighted by molar-refractivity contribution is 0.102. The van der Waals surface area contributed by atoms with Crippen molar-refractivity contribution < 1.29 is 4.79 Å². The lowest BCUT2D eigenvalue weighted by atomic mass is 9.86. The molecule has 0 aliphatic carbocycles. The van der Waals surface area contributed by atoms with E-state index in [0.29, 0.717) is 0 Å². The summed E-state index contributed by atoms with van der Waals surface area (Å²) in [5.41, 5.74) is 4.22. The Kier molecular flexibility index (Phi) is 5.29. The number of benzene rings is 2. The van der Waals surface area contributed by atoms with Crippen molar-refractivity contribution in [3.05, 3.63) is 81.1 Å². The highest BCUT2D eigenvalue weighted by molar-refractivity contribution is 8.25. The van der Waals surface area contributed by atoms with Crippen LogP contribution in [0.3, 0.4) is 0 Å². The minimum atomic E-state index is 0.108. The van der Waals surface area contributed by atoms with Crippen LogP contribution in [-0.4, -0.2) is 17.3 Å². The molecule has 1 saturated heterocycles. The first kappa shape index (κ1) is 16.4. The zero-order valence-corrected chi connectivity index (χ0v) is 15.0. The summed E-state index contributed by atoms with van der Waals surface area (Å²) in [4.78, 5) is 13.2. The van der Waals surface area contributed by atoms with E-state index >= 15 is 0 Å². The second-order valence-corrected chi connectivity index (χ2v) is 8.14. The monoisotopic (exact) mass is 340 g/mol. The number of rotatable bonds is 4. The van der Waals surface area contributed by atoms with E-state index in [2.05, 4.69) is 38.1 Å². The first-order chi connectivity index (χ1) is 11.2. The van der Waals surface area contributed by atoms with Crippen molar-refractivity contribution in [3.63, 3.8) is 0 Å². The third-order valence-electron chi connectivity index (χ3n) is 4.14. The first-order valence-corrected chi connectivity index (χ1v) is 9.80. The van der Waals surface area contributed by atoms with Crippen molar-refractivity contribution in [1.82, 2.24) is 0 Å². The predicted molar refractivity (Wildman–Crippen MR) is 102 cm³/mol. The van der Waals surface area contributed by atoms with Crippen LogP contribution in [0.15, 0.2) is 64.4 Å². The quantitative estimate of drug-likeness (QED) is 0.527. The van der Waals surface area contributed by atoms with Crippen LogP contribution in [0.2, 0.25) is 0 Å². The molecule has 2 aromatic carbocycles. The number of aryl methyl sites for hydroxylation is 1. The summed E-state index contributed by atoms with van der Waals surface area (Å²) in [5, 5.41) is 0. The van der Waals surface area contributed by atoms with Gasteiger partial charge in [-0.05, 0) is 18.1 Å². The Bertz CT molecular complexity index is 726. The van der Waals surface area contributed by atoms with Gasteiger partial charge in [-0.3, -0.25) is 4.79 Å². The number of hydrogen-bond donors (Lipinski definition) is 0. The van der Waals surface area contributed by atoms with Crippen LogP contribution in [-0.2, 0) is 0 Å². The summed E-state index contributed by atoms with van der Waals surface area (Å²) in [6.45, 7) is 4.28. The first-order valence-electron chi connectivity index (χ1n) is 7.83. The molecular formula is C20H20OS2. The molecule has 0 bridgehead atoms. The van der Waals surface area contributed by atoms with Crippen molar-refractivity contribution in [2.75, 3.05) is 11.5 Å². The van der Waals surface area contributed by atoms with Gasteiger partial charge < -0.3 is 0 Å². The average Bonchev–Trinajstić information content (AvgIpc) is 3.10. The van der Waals surface area contributed by atoms with Crippen molar-refractivity contribution >= 4 is 29.3 Å². The number of thioether (sulfide) groups is 2. The third-order valence-corrected chi connectivity index (χ3v) is 6.88. The van der Waals surface area contributed by atoms with Gasteiger partial charge >= 0.3 is 0 Å². The maximum atomic E-state index is 13.2. The van der Waals surface area contributed by atoms with E-state index in [-0.39, 0.29) is 11.7 Å². The number of Topliss-reactive ketones (excluding diaryl/α,β-unsaturated/α-hetero) is 1. The fourth-order valence-corrected chi connectivity index (χ4v) is 5.63. The fraction of sp³-hybridized carbons (Fsp3) is 0.250. The smallest absolute Gasteiger partial charge is 0.191 e. The largest absolute Gasteiger partial charge is 0.289 e. The minimum absolute atomic E-state index is 0.108. The number of ketones is 1. The summed E-state index contributed by atoms with van der Waals surface area (Å²) < 4.78 is 1.20. The highest BCUT2D eigenvalue weighted by Gasteiger charge is 2.27. The molecule has 3 rings (SSSR count). The molecule has 23 heavy (non-hydrogen) atoms. The van der Waals surface area contributed by atoms with Crippen molar-refractivity contribution in [1.29, 1.82) is 0 Å². The molecule has 3 heteroatoms. The van der Waals surface area contributed by atoms with Crippen molar-refractivity contribution in [3.8, 4) is 0 Å². The molecule has 1 aliphatic heterocycles. The lowest BCUT2D eigenvalue weighted by Crippen LogP contribution is -2.12. The number of hydrogen-bond acceptors (Lipinski definition) is 3. The van der Waals surface area contributed by atoms with E-state index in [4.69, 9.17) is 0 Å². The topological polar surface area (TPSA) is 17.1 Å². The van der Waals surface area contributed by atoms with E-state index in [0.717, 1.165) is 22.6 Å². The highest BCUT2D eigenvalue weighted by atomic mass is 32.2. The second kappa shape index (κ2) is 7.41. The third kappa shape index (κ3) is 3.56. The number of allylic oxidation sites excluding steroid dienone is 1.